The van der Waals surface area contributed by atoms with Crippen LogP contribution in [-0.2, 0) is 9.47 Å². The summed E-state index contributed by atoms with van der Waals surface area (Å²) in [6, 6.07) is 0. The molecule has 0 atom stereocenters. The van der Waals surface area contributed by atoms with Gasteiger partial charge < -0.3 is 14.6 Å². The van der Waals surface area contributed by atoms with Crippen LogP contribution in [0, 0.1) is 0 Å². The average molecular weight is 355 g/mol. The smallest absolute Gasteiger partial charge is 0.280 e. The fraction of sp³-hybridized carbons (Fsp3) is 0.818. The van der Waals surface area contributed by atoms with Crippen LogP contribution in [0.5, 0.6) is 0 Å². The molecule has 1 N–H and O–H groups in total. The Labute approximate surface area is 156 Å². The monoisotopic (exact) mass is 354 g/mol. The molecule has 0 aromatic carbocycles. The molecule has 0 aliphatic carbocycles. The highest BCUT2D eigenvalue weighted by atomic mass is 16.8. The Morgan fingerprint density at radius 3 is 1.68 bits per heavy atom. The van der Waals surface area contributed by atoms with Gasteiger partial charge in [0.15, 0.2) is 0 Å². The Morgan fingerprint density at radius 1 is 0.680 bits per heavy atom. The van der Waals surface area contributed by atoms with Crippen molar-refractivity contribution in [1.29, 1.82) is 0 Å². The summed E-state index contributed by atoms with van der Waals surface area (Å²) < 4.78 is 10.6. The lowest BCUT2D eigenvalue weighted by Crippen LogP contribution is -2.35. The molecular formula is C22H42O3. The number of rotatable bonds is 18. The lowest BCUT2D eigenvalue weighted by Gasteiger charge is -2.26. The maximum atomic E-state index is 10.2. The third-order valence-electron chi connectivity index (χ3n) is 4.22. The van der Waals surface area contributed by atoms with Gasteiger partial charge in [-0.15, -0.1) is 0 Å². The first kappa shape index (κ1) is 24.4. The summed E-state index contributed by atoms with van der Waals surface area (Å²) in [7, 11) is 0. The predicted octanol–water partition coefficient (Wildman–Crippen LogP) is 6.52. The number of allylic oxidation sites excluding steroid dienone is 4. The zero-order valence-electron chi connectivity index (χ0n) is 17.0. The van der Waals surface area contributed by atoms with Crippen molar-refractivity contribution in [3.63, 3.8) is 0 Å². The first-order valence-corrected chi connectivity index (χ1v) is 10.5. The lowest BCUT2D eigenvalue weighted by molar-refractivity contribution is -0.360. The molecule has 0 aliphatic heterocycles. The first-order chi connectivity index (χ1) is 12.2. The Hall–Kier alpha value is -0.640. The van der Waals surface area contributed by atoms with Crippen LogP contribution in [0.25, 0.3) is 0 Å². The van der Waals surface area contributed by atoms with Crippen molar-refractivity contribution in [1.82, 2.24) is 0 Å². The van der Waals surface area contributed by atoms with Crippen LogP contribution in [0.2, 0.25) is 0 Å². The molecule has 0 spiro atoms. The number of hydrogen-bond donors (Lipinski definition) is 1. The van der Waals surface area contributed by atoms with Gasteiger partial charge in [-0.25, -0.2) is 0 Å². The summed E-state index contributed by atoms with van der Waals surface area (Å²) in [5.74, 6) is -1.37. The zero-order valence-corrected chi connectivity index (χ0v) is 17.0. The Bertz CT molecular complexity index is 317. The van der Waals surface area contributed by atoms with Crippen molar-refractivity contribution in [2.45, 2.75) is 104 Å². The molecule has 0 heterocycles. The van der Waals surface area contributed by atoms with Crippen molar-refractivity contribution >= 4 is 0 Å². The fourth-order valence-corrected chi connectivity index (χ4v) is 2.87. The van der Waals surface area contributed by atoms with Gasteiger partial charge in [-0.3, -0.25) is 0 Å². The second-order valence-electron chi connectivity index (χ2n) is 6.56. The minimum absolute atomic E-state index is 0.474. The van der Waals surface area contributed by atoms with Gasteiger partial charge >= 0.3 is 0 Å². The summed E-state index contributed by atoms with van der Waals surface area (Å²) in [5.41, 5.74) is 0. The summed E-state index contributed by atoms with van der Waals surface area (Å²) in [5, 5.41) is 10.2. The molecule has 0 saturated carbocycles. The molecule has 0 aromatic heterocycles. The summed E-state index contributed by atoms with van der Waals surface area (Å²) >= 11 is 0. The van der Waals surface area contributed by atoms with Crippen molar-refractivity contribution < 1.29 is 14.6 Å². The van der Waals surface area contributed by atoms with Gasteiger partial charge in [0.05, 0.1) is 0 Å². The van der Waals surface area contributed by atoms with Gasteiger partial charge in [-0.1, -0.05) is 76.2 Å². The molecule has 3 nitrogen and oxygen atoms in total. The van der Waals surface area contributed by atoms with Crippen LogP contribution in [-0.4, -0.2) is 24.3 Å². The van der Waals surface area contributed by atoms with E-state index in [0.717, 1.165) is 19.3 Å². The van der Waals surface area contributed by atoms with E-state index in [4.69, 9.17) is 9.47 Å². The van der Waals surface area contributed by atoms with E-state index in [-0.39, 0.29) is 0 Å². The zero-order chi connectivity index (χ0) is 18.6. The lowest BCUT2D eigenvalue weighted by atomic mass is 10.1. The number of aliphatic hydroxyl groups is 1. The van der Waals surface area contributed by atoms with Crippen molar-refractivity contribution in [3.05, 3.63) is 24.3 Å². The molecule has 25 heavy (non-hydrogen) atoms. The third kappa shape index (κ3) is 16.6. The van der Waals surface area contributed by atoms with E-state index >= 15 is 0 Å². The number of ether oxygens (including phenoxy) is 2. The predicted molar refractivity (Wildman–Crippen MR) is 108 cm³/mol. The second-order valence-corrected chi connectivity index (χ2v) is 6.56. The van der Waals surface area contributed by atoms with Crippen LogP contribution < -0.4 is 0 Å². The minimum atomic E-state index is -1.37. The highest BCUT2D eigenvalue weighted by molar-refractivity contribution is 5.01. The minimum Gasteiger partial charge on any atom is -0.343 e. The second kappa shape index (κ2) is 18.2. The van der Waals surface area contributed by atoms with Gasteiger partial charge in [-0.2, -0.15) is 0 Å². The molecule has 0 fully saturated rings. The molecule has 148 valence electrons. The first-order valence-electron chi connectivity index (χ1n) is 10.5. The molecule has 0 rings (SSSR count). The van der Waals surface area contributed by atoms with Crippen LogP contribution in [0.1, 0.15) is 97.8 Å². The SMILES string of the molecule is CCC=C/C=C/CCCCCCCCCCCC(O)(OCC)OCC. The van der Waals surface area contributed by atoms with Gasteiger partial charge in [0, 0.05) is 19.6 Å². The van der Waals surface area contributed by atoms with Gasteiger partial charge in [0.25, 0.3) is 5.97 Å². The van der Waals surface area contributed by atoms with Crippen molar-refractivity contribution in [2.24, 2.45) is 0 Å². The molecule has 0 amide bonds. The molecule has 0 aromatic rings. The molecule has 0 radical (unpaired) electrons. The highest BCUT2D eigenvalue weighted by Crippen LogP contribution is 2.19. The molecule has 0 bridgehead atoms. The Balaban J connectivity index is 3.38. The van der Waals surface area contributed by atoms with Crippen LogP contribution in [0.15, 0.2) is 24.3 Å². The number of hydrogen-bond acceptors (Lipinski definition) is 3. The molecule has 3 heteroatoms. The van der Waals surface area contributed by atoms with E-state index in [1.54, 1.807) is 0 Å². The van der Waals surface area contributed by atoms with E-state index in [2.05, 4.69) is 31.2 Å². The average Bonchev–Trinajstić information content (AvgIpc) is 2.59. The molecular weight excluding hydrogens is 312 g/mol. The summed E-state index contributed by atoms with van der Waals surface area (Å²) in [6.07, 6.45) is 23.0. The molecule has 0 aliphatic rings. The molecule has 0 saturated heterocycles. The van der Waals surface area contributed by atoms with E-state index in [1.165, 1.54) is 51.4 Å². The largest absolute Gasteiger partial charge is 0.343 e. The van der Waals surface area contributed by atoms with Crippen molar-refractivity contribution in [3.8, 4) is 0 Å². The van der Waals surface area contributed by atoms with E-state index in [1.807, 2.05) is 13.8 Å². The summed E-state index contributed by atoms with van der Waals surface area (Å²) in [6.45, 7) is 6.86. The van der Waals surface area contributed by atoms with Crippen molar-refractivity contribution in [2.75, 3.05) is 13.2 Å². The van der Waals surface area contributed by atoms with E-state index in [0.29, 0.717) is 19.6 Å². The van der Waals surface area contributed by atoms with Crippen LogP contribution in [0.4, 0.5) is 0 Å². The third-order valence-corrected chi connectivity index (χ3v) is 4.22. The van der Waals surface area contributed by atoms with Crippen LogP contribution in [0.3, 0.4) is 0 Å². The maximum Gasteiger partial charge on any atom is 0.280 e. The standard InChI is InChI=1S/C22H42O3/c1-4-7-8-9-10-11-12-13-14-15-16-17-18-19-20-21-22(23,24-5-2)25-6-3/h7-10,23H,4-6,11-21H2,1-3H3/b8-7?,10-9+. The topological polar surface area (TPSA) is 38.7 Å². The van der Waals surface area contributed by atoms with E-state index in [9.17, 15) is 5.11 Å². The summed E-state index contributed by atoms with van der Waals surface area (Å²) in [4.78, 5) is 0. The maximum absolute atomic E-state index is 10.2. The Kier molecular flexibility index (Phi) is 17.7. The van der Waals surface area contributed by atoms with E-state index < -0.39 is 5.97 Å². The normalized spacial score (nSPS) is 12.6. The van der Waals surface area contributed by atoms with Gasteiger partial charge in [-0.05, 0) is 39.5 Å². The van der Waals surface area contributed by atoms with Gasteiger partial charge in [0.1, 0.15) is 0 Å². The Morgan fingerprint density at radius 2 is 1.16 bits per heavy atom. The quantitative estimate of drug-likeness (QED) is 0.173. The number of unbranched alkanes of at least 4 members (excludes halogenated alkanes) is 9. The fourth-order valence-electron chi connectivity index (χ4n) is 2.87. The van der Waals surface area contributed by atoms with Gasteiger partial charge in [0.2, 0.25) is 0 Å². The van der Waals surface area contributed by atoms with Crippen LogP contribution >= 0.6 is 0 Å². The molecule has 0 unspecified atom stereocenters. The highest BCUT2D eigenvalue weighted by Gasteiger charge is 2.26.